The van der Waals surface area contributed by atoms with Gasteiger partial charge in [-0.05, 0) is 25.3 Å². The van der Waals surface area contributed by atoms with Crippen molar-refractivity contribution < 1.29 is 9.59 Å². The van der Waals surface area contributed by atoms with Crippen LogP contribution in [0.25, 0.3) is 0 Å². The summed E-state index contributed by atoms with van der Waals surface area (Å²) in [5, 5.41) is 0. The van der Waals surface area contributed by atoms with E-state index in [0.29, 0.717) is 17.8 Å². The molecule has 1 aromatic carbocycles. The van der Waals surface area contributed by atoms with Crippen LogP contribution in [0.3, 0.4) is 0 Å². The Kier molecular flexibility index (Phi) is 3.18. The standard InChI is InChI=1S/C14H16O2/c1-10(15)11-6-8-12(9-7-11)13-4-2-3-5-14(13)16/h6-9,13H,2-5H2,1H3/t13-/m1/s1. The number of carbonyl (C=O) groups excluding carboxylic acids is 2. The van der Waals surface area contributed by atoms with Crippen LogP contribution in [0.2, 0.25) is 0 Å². The second-order valence-corrected chi connectivity index (χ2v) is 4.44. The lowest BCUT2D eigenvalue weighted by molar-refractivity contribution is -0.121. The van der Waals surface area contributed by atoms with Crippen LogP contribution in [0.15, 0.2) is 24.3 Å². The molecule has 0 aromatic heterocycles. The maximum Gasteiger partial charge on any atom is 0.159 e. The Hall–Kier alpha value is -1.44. The third kappa shape index (κ3) is 2.21. The van der Waals surface area contributed by atoms with Crippen LogP contribution < -0.4 is 0 Å². The van der Waals surface area contributed by atoms with E-state index in [0.717, 1.165) is 24.8 Å². The Morgan fingerprint density at radius 2 is 1.88 bits per heavy atom. The van der Waals surface area contributed by atoms with Crippen molar-refractivity contribution in [2.45, 2.75) is 38.5 Å². The first-order valence-corrected chi connectivity index (χ1v) is 5.82. The van der Waals surface area contributed by atoms with E-state index < -0.39 is 0 Å². The predicted octanol–water partition coefficient (Wildman–Crippen LogP) is 3.12. The topological polar surface area (TPSA) is 34.1 Å². The molecule has 1 aromatic rings. The number of hydrogen-bond donors (Lipinski definition) is 0. The summed E-state index contributed by atoms with van der Waals surface area (Å²) in [6.07, 6.45) is 3.82. The number of Topliss-reactive ketones (excluding diaryl/α,β-unsaturated/α-hetero) is 2. The summed E-state index contributed by atoms with van der Waals surface area (Å²) < 4.78 is 0. The van der Waals surface area contributed by atoms with Crippen LogP contribution in [0.5, 0.6) is 0 Å². The smallest absolute Gasteiger partial charge is 0.159 e. The first-order chi connectivity index (χ1) is 7.68. The molecule has 0 bridgehead atoms. The molecule has 0 N–H and O–H groups in total. The molecule has 1 atom stereocenters. The van der Waals surface area contributed by atoms with Gasteiger partial charge >= 0.3 is 0 Å². The Bertz CT molecular complexity index is 403. The first-order valence-electron chi connectivity index (χ1n) is 5.82. The van der Waals surface area contributed by atoms with Gasteiger partial charge in [0, 0.05) is 17.9 Å². The van der Waals surface area contributed by atoms with Gasteiger partial charge in [0.2, 0.25) is 0 Å². The molecule has 0 heterocycles. The Morgan fingerprint density at radius 3 is 2.44 bits per heavy atom. The van der Waals surface area contributed by atoms with Gasteiger partial charge in [-0.3, -0.25) is 9.59 Å². The van der Waals surface area contributed by atoms with E-state index in [9.17, 15) is 9.59 Å². The number of hydrogen-bond acceptors (Lipinski definition) is 2. The van der Waals surface area contributed by atoms with Crippen LogP contribution in [-0.2, 0) is 4.79 Å². The van der Waals surface area contributed by atoms with Crippen LogP contribution in [0.1, 0.15) is 54.4 Å². The largest absolute Gasteiger partial charge is 0.299 e. The zero-order valence-electron chi connectivity index (χ0n) is 9.53. The molecular formula is C14H16O2. The average molecular weight is 216 g/mol. The maximum atomic E-state index is 11.7. The number of benzene rings is 1. The van der Waals surface area contributed by atoms with Gasteiger partial charge in [-0.15, -0.1) is 0 Å². The number of rotatable bonds is 2. The summed E-state index contributed by atoms with van der Waals surface area (Å²) in [4.78, 5) is 22.9. The number of ketones is 2. The second kappa shape index (κ2) is 4.60. The molecule has 2 rings (SSSR count). The van der Waals surface area contributed by atoms with Crippen molar-refractivity contribution in [3.8, 4) is 0 Å². The van der Waals surface area contributed by atoms with Gasteiger partial charge in [0.25, 0.3) is 0 Å². The van der Waals surface area contributed by atoms with E-state index in [1.54, 1.807) is 6.92 Å². The molecule has 2 heteroatoms. The summed E-state index contributed by atoms with van der Waals surface area (Å²) in [5.74, 6) is 0.484. The summed E-state index contributed by atoms with van der Waals surface area (Å²) in [6.45, 7) is 1.56. The third-order valence-corrected chi connectivity index (χ3v) is 3.27. The molecule has 16 heavy (non-hydrogen) atoms. The van der Waals surface area contributed by atoms with Crippen molar-refractivity contribution >= 4 is 11.6 Å². The molecule has 1 aliphatic carbocycles. The summed E-state index contributed by atoms with van der Waals surface area (Å²) in [6, 6.07) is 7.48. The van der Waals surface area contributed by atoms with Crippen LogP contribution in [0, 0.1) is 0 Å². The third-order valence-electron chi connectivity index (χ3n) is 3.27. The first kappa shape index (κ1) is 11.1. The quantitative estimate of drug-likeness (QED) is 0.712. The van der Waals surface area contributed by atoms with E-state index in [1.807, 2.05) is 24.3 Å². The van der Waals surface area contributed by atoms with Gasteiger partial charge < -0.3 is 0 Å². The highest BCUT2D eigenvalue weighted by atomic mass is 16.1. The molecule has 1 aliphatic rings. The molecule has 1 saturated carbocycles. The highest BCUT2D eigenvalue weighted by Crippen LogP contribution is 2.29. The summed E-state index contributed by atoms with van der Waals surface area (Å²) >= 11 is 0. The molecule has 0 amide bonds. The van der Waals surface area contributed by atoms with E-state index >= 15 is 0 Å². The van der Waals surface area contributed by atoms with Crippen molar-refractivity contribution in [3.63, 3.8) is 0 Å². The highest BCUT2D eigenvalue weighted by molar-refractivity contribution is 5.94. The van der Waals surface area contributed by atoms with Gasteiger partial charge in [0.05, 0.1) is 0 Å². The zero-order chi connectivity index (χ0) is 11.5. The minimum Gasteiger partial charge on any atom is -0.299 e. The zero-order valence-corrected chi connectivity index (χ0v) is 9.53. The van der Waals surface area contributed by atoms with Gasteiger partial charge in [-0.2, -0.15) is 0 Å². The van der Waals surface area contributed by atoms with Crippen LogP contribution >= 0.6 is 0 Å². The Labute approximate surface area is 95.7 Å². The van der Waals surface area contributed by atoms with Crippen LogP contribution in [-0.4, -0.2) is 11.6 Å². The fraction of sp³-hybridized carbons (Fsp3) is 0.429. The minimum absolute atomic E-state index is 0.0646. The fourth-order valence-electron chi connectivity index (χ4n) is 2.29. The molecular weight excluding hydrogens is 200 g/mol. The predicted molar refractivity (Wildman–Crippen MR) is 62.7 cm³/mol. The molecule has 0 unspecified atom stereocenters. The number of carbonyl (C=O) groups is 2. The van der Waals surface area contributed by atoms with Crippen molar-refractivity contribution in [1.29, 1.82) is 0 Å². The summed E-state index contributed by atoms with van der Waals surface area (Å²) in [5.41, 5.74) is 1.78. The normalized spacial score (nSPS) is 20.8. The van der Waals surface area contributed by atoms with Crippen molar-refractivity contribution in [2.75, 3.05) is 0 Å². The average Bonchev–Trinajstić information content (AvgIpc) is 2.30. The van der Waals surface area contributed by atoms with Crippen molar-refractivity contribution in [2.24, 2.45) is 0 Å². The summed E-state index contributed by atoms with van der Waals surface area (Å²) in [7, 11) is 0. The lowest BCUT2D eigenvalue weighted by Crippen LogP contribution is -2.16. The monoisotopic (exact) mass is 216 g/mol. The van der Waals surface area contributed by atoms with Gasteiger partial charge in [0.15, 0.2) is 5.78 Å². The second-order valence-electron chi connectivity index (χ2n) is 4.44. The molecule has 0 spiro atoms. The molecule has 0 radical (unpaired) electrons. The molecule has 1 fully saturated rings. The lowest BCUT2D eigenvalue weighted by Gasteiger charge is -2.20. The molecule has 2 nitrogen and oxygen atoms in total. The van der Waals surface area contributed by atoms with E-state index in [1.165, 1.54) is 0 Å². The Morgan fingerprint density at radius 1 is 1.19 bits per heavy atom. The molecule has 84 valence electrons. The van der Waals surface area contributed by atoms with E-state index in [2.05, 4.69) is 0 Å². The van der Waals surface area contributed by atoms with Crippen molar-refractivity contribution in [1.82, 2.24) is 0 Å². The highest BCUT2D eigenvalue weighted by Gasteiger charge is 2.23. The fourth-order valence-corrected chi connectivity index (χ4v) is 2.29. The maximum absolute atomic E-state index is 11.7. The molecule has 0 saturated heterocycles. The lowest BCUT2D eigenvalue weighted by atomic mass is 9.83. The molecule has 0 aliphatic heterocycles. The van der Waals surface area contributed by atoms with Crippen LogP contribution in [0.4, 0.5) is 0 Å². The van der Waals surface area contributed by atoms with Gasteiger partial charge in [-0.1, -0.05) is 30.7 Å². The van der Waals surface area contributed by atoms with E-state index in [-0.39, 0.29) is 11.7 Å². The van der Waals surface area contributed by atoms with Crippen molar-refractivity contribution in [3.05, 3.63) is 35.4 Å². The SMILES string of the molecule is CC(=O)c1ccc([C@H]2CCCCC2=O)cc1. The van der Waals surface area contributed by atoms with E-state index in [4.69, 9.17) is 0 Å². The van der Waals surface area contributed by atoms with Gasteiger partial charge in [0.1, 0.15) is 5.78 Å². The van der Waals surface area contributed by atoms with Gasteiger partial charge in [-0.25, -0.2) is 0 Å². The minimum atomic E-state index is 0.0646. The Balaban J connectivity index is 2.20.